The van der Waals surface area contributed by atoms with E-state index in [0.717, 1.165) is 51.9 Å². The van der Waals surface area contributed by atoms with Crippen molar-refractivity contribution in [1.29, 1.82) is 0 Å². The number of amides is 1. The number of hydrogen-bond acceptors (Lipinski definition) is 8. The van der Waals surface area contributed by atoms with Gasteiger partial charge in [-0.1, -0.05) is 0 Å². The molecule has 0 saturated carbocycles. The molecule has 1 aromatic carbocycles. The second-order valence-corrected chi connectivity index (χ2v) is 7.48. The summed E-state index contributed by atoms with van der Waals surface area (Å²) in [6.07, 6.45) is 6.98. The summed E-state index contributed by atoms with van der Waals surface area (Å²) in [5.74, 6) is 1.42. The number of rotatable bonds is 5. The van der Waals surface area contributed by atoms with Gasteiger partial charge in [-0.15, -0.1) is 0 Å². The van der Waals surface area contributed by atoms with Crippen LogP contribution in [-0.4, -0.2) is 52.1 Å². The Morgan fingerprint density at radius 3 is 1.83 bits per heavy atom. The van der Waals surface area contributed by atoms with Gasteiger partial charge in [0.15, 0.2) is 0 Å². The minimum atomic E-state index is -0.329. The van der Waals surface area contributed by atoms with Gasteiger partial charge in [0.05, 0.1) is 0 Å². The third-order valence-electron chi connectivity index (χ3n) is 5.31. The largest absolute Gasteiger partial charge is 0.508 e. The van der Waals surface area contributed by atoms with Gasteiger partial charge in [0.1, 0.15) is 5.75 Å². The predicted octanol–water partition coefficient (Wildman–Crippen LogP) is 2.31. The highest BCUT2D eigenvalue weighted by Crippen LogP contribution is 2.22. The number of aromatic hydroxyl groups is 1. The first-order valence-corrected chi connectivity index (χ1v) is 10.3. The topological polar surface area (TPSA) is 107 Å². The van der Waals surface area contributed by atoms with Crippen molar-refractivity contribution in [2.45, 2.75) is 38.5 Å². The summed E-state index contributed by atoms with van der Waals surface area (Å²) in [5.41, 5.74) is 5.90. The number of nitrogens with zero attached hydrogens (tertiary/aromatic N) is 5. The number of benzene rings is 1. The number of aromatic nitrogens is 3. The lowest BCUT2D eigenvalue weighted by atomic mass is 10.1. The molecule has 2 fully saturated rings. The lowest BCUT2D eigenvalue weighted by Gasteiger charge is -2.30. The molecule has 0 bridgehead atoms. The SMILES string of the molecule is O=C(NNc1nc(N2CCCCC2)nc(N2CCCCC2)n1)c1ccc(O)cc1. The maximum Gasteiger partial charge on any atom is 0.269 e. The molecule has 9 nitrogen and oxygen atoms in total. The number of piperidine rings is 2. The van der Waals surface area contributed by atoms with Crippen LogP contribution < -0.4 is 20.7 Å². The van der Waals surface area contributed by atoms with Crippen LogP contribution in [0.3, 0.4) is 0 Å². The van der Waals surface area contributed by atoms with Gasteiger partial charge >= 0.3 is 0 Å². The number of phenolic OH excluding ortho intramolecular Hbond substituents is 1. The van der Waals surface area contributed by atoms with Gasteiger partial charge in [0, 0.05) is 31.7 Å². The summed E-state index contributed by atoms with van der Waals surface area (Å²) in [7, 11) is 0. The molecule has 0 unspecified atom stereocenters. The molecule has 0 radical (unpaired) electrons. The number of nitrogens with one attached hydrogen (secondary N) is 2. The minimum Gasteiger partial charge on any atom is -0.508 e. The highest BCUT2D eigenvalue weighted by Gasteiger charge is 2.20. The van der Waals surface area contributed by atoms with Crippen molar-refractivity contribution < 1.29 is 9.90 Å². The number of carbonyl (C=O) groups excluding carboxylic acids is 1. The summed E-state index contributed by atoms with van der Waals surface area (Å²) < 4.78 is 0. The normalized spacial score (nSPS) is 17.1. The summed E-state index contributed by atoms with van der Waals surface area (Å²) in [6, 6.07) is 6.05. The van der Waals surface area contributed by atoms with Crippen LogP contribution in [0.5, 0.6) is 5.75 Å². The number of anilines is 3. The van der Waals surface area contributed by atoms with E-state index in [1.54, 1.807) is 12.1 Å². The van der Waals surface area contributed by atoms with E-state index < -0.39 is 0 Å². The average Bonchev–Trinajstić information content (AvgIpc) is 2.79. The van der Waals surface area contributed by atoms with Gasteiger partial charge in [-0.05, 0) is 62.8 Å². The fourth-order valence-corrected chi connectivity index (χ4v) is 3.68. The summed E-state index contributed by atoms with van der Waals surface area (Å²) in [4.78, 5) is 30.5. The van der Waals surface area contributed by atoms with Gasteiger partial charge in [-0.25, -0.2) is 0 Å². The monoisotopic (exact) mass is 397 g/mol. The number of hydrazine groups is 1. The predicted molar refractivity (Wildman–Crippen MR) is 111 cm³/mol. The van der Waals surface area contributed by atoms with Gasteiger partial charge < -0.3 is 14.9 Å². The molecule has 3 heterocycles. The van der Waals surface area contributed by atoms with Crippen molar-refractivity contribution in [1.82, 2.24) is 20.4 Å². The molecule has 154 valence electrons. The molecular weight excluding hydrogens is 370 g/mol. The van der Waals surface area contributed by atoms with Gasteiger partial charge in [-0.2, -0.15) is 15.0 Å². The third-order valence-corrected chi connectivity index (χ3v) is 5.31. The molecule has 2 aliphatic rings. The second kappa shape index (κ2) is 8.93. The van der Waals surface area contributed by atoms with Crippen LogP contribution in [0.1, 0.15) is 48.9 Å². The number of carbonyl (C=O) groups is 1. The molecule has 2 aromatic rings. The Labute approximate surface area is 170 Å². The van der Waals surface area contributed by atoms with E-state index in [2.05, 4.69) is 30.6 Å². The lowest BCUT2D eigenvalue weighted by Crippen LogP contribution is -2.36. The molecule has 4 rings (SSSR count). The number of hydrogen-bond donors (Lipinski definition) is 3. The van der Waals surface area contributed by atoms with E-state index in [0.29, 0.717) is 23.4 Å². The van der Waals surface area contributed by atoms with Crippen molar-refractivity contribution in [3.8, 4) is 5.75 Å². The molecule has 1 amide bonds. The first kappa shape index (κ1) is 19.2. The molecule has 9 heteroatoms. The highest BCUT2D eigenvalue weighted by molar-refractivity contribution is 5.94. The standard InChI is InChI=1S/C20H27N7O2/c28-16-9-7-15(8-10-16)17(29)24-25-18-21-19(26-11-3-1-4-12-26)23-20(22-18)27-13-5-2-6-14-27/h7-10,28H,1-6,11-14H2,(H,24,29)(H,21,22,23,25). The lowest BCUT2D eigenvalue weighted by molar-refractivity contribution is 0.0962. The van der Waals surface area contributed by atoms with Crippen LogP contribution in [0.15, 0.2) is 24.3 Å². The Morgan fingerprint density at radius 1 is 0.793 bits per heavy atom. The molecule has 29 heavy (non-hydrogen) atoms. The first-order chi connectivity index (χ1) is 14.2. The van der Waals surface area contributed by atoms with Crippen LogP contribution in [0.2, 0.25) is 0 Å². The van der Waals surface area contributed by atoms with Gasteiger partial charge in [-0.3, -0.25) is 15.6 Å². The van der Waals surface area contributed by atoms with Crippen molar-refractivity contribution >= 4 is 23.8 Å². The molecule has 2 aliphatic heterocycles. The third kappa shape index (κ3) is 4.85. The Hall–Kier alpha value is -3.10. The zero-order valence-electron chi connectivity index (χ0n) is 16.5. The van der Waals surface area contributed by atoms with E-state index in [4.69, 9.17) is 4.98 Å². The van der Waals surface area contributed by atoms with E-state index in [9.17, 15) is 9.90 Å². The summed E-state index contributed by atoms with van der Waals surface area (Å²) in [6.45, 7) is 3.73. The fourth-order valence-electron chi connectivity index (χ4n) is 3.68. The van der Waals surface area contributed by atoms with E-state index >= 15 is 0 Å². The van der Waals surface area contributed by atoms with Crippen molar-refractivity contribution in [3.05, 3.63) is 29.8 Å². The molecule has 0 aliphatic carbocycles. The quantitative estimate of drug-likeness (QED) is 0.660. The zero-order valence-corrected chi connectivity index (χ0v) is 16.5. The summed E-state index contributed by atoms with van der Waals surface area (Å²) in [5, 5.41) is 9.37. The number of phenols is 1. The summed E-state index contributed by atoms with van der Waals surface area (Å²) >= 11 is 0. The minimum absolute atomic E-state index is 0.115. The van der Waals surface area contributed by atoms with Crippen molar-refractivity contribution in [2.75, 3.05) is 41.4 Å². The maximum absolute atomic E-state index is 12.4. The Bertz CT molecular complexity index is 795. The van der Waals surface area contributed by atoms with Gasteiger partial charge in [0.2, 0.25) is 17.8 Å². The molecule has 3 N–H and O–H groups in total. The molecule has 0 spiro atoms. The molecule has 0 atom stereocenters. The Morgan fingerprint density at radius 2 is 1.31 bits per heavy atom. The van der Waals surface area contributed by atoms with E-state index in [1.807, 2.05) is 0 Å². The second-order valence-electron chi connectivity index (χ2n) is 7.48. The Balaban J connectivity index is 1.52. The fraction of sp³-hybridized carbons (Fsp3) is 0.500. The van der Waals surface area contributed by atoms with Crippen LogP contribution in [0, 0.1) is 0 Å². The highest BCUT2D eigenvalue weighted by atomic mass is 16.3. The Kier molecular flexibility index (Phi) is 5.92. The van der Waals surface area contributed by atoms with E-state index in [-0.39, 0.29) is 11.7 Å². The smallest absolute Gasteiger partial charge is 0.269 e. The van der Waals surface area contributed by atoms with Crippen LogP contribution in [-0.2, 0) is 0 Å². The molecule has 1 aromatic heterocycles. The van der Waals surface area contributed by atoms with Crippen LogP contribution in [0.25, 0.3) is 0 Å². The zero-order chi connectivity index (χ0) is 20.1. The van der Waals surface area contributed by atoms with Crippen LogP contribution >= 0.6 is 0 Å². The van der Waals surface area contributed by atoms with Gasteiger partial charge in [0.25, 0.3) is 5.91 Å². The average molecular weight is 397 g/mol. The first-order valence-electron chi connectivity index (χ1n) is 10.3. The molecule has 2 saturated heterocycles. The maximum atomic E-state index is 12.4. The molecular formula is C20H27N7O2. The van der Waals surface area contributed by atoms with E-state index in [1.165, 1.54) is 25.0 Å². The van der Waals surface area contributed by atoms with Crippen molar-refractivity contribution in [3.63, 3.8) is 0 Å². The van der Waals surface area contributed by atoms with Crippen molar-refractivity contribution in [2.24, 2.45) is 0 Å². The van der Waals surface area contributed by atoms with Crippen LogP contribution in [0.4, 0.5) is 17.8 Å².